The Balaban J connectivity index is 2.16. The van der Waals surface area contributed by atoms with Gasteiger partial charge in [-0.2, -0.15) is 13.2 Å². The van der Waals surface area contributed by atoms with Crippen LogP contribution in [0, 0.1) is 11.8 Å². The zero-order chi connectivity index (χ0) is 15.5. The van der Waals surface area contributed by atoms with Crippen molar-refractivity contribution < 1.29 is 22.7 Å². The van der Waals surface area contributed by atoms with Crippen molar-refractivity contribution in [2.45, 2.75) is 37.9 Å². The lowest BCUT2D eigenvalue weighted by molar-refractivity contribution is -0.175. The first-order valence-electron chi connectivity index (χ1n) is 6.98. The number of carbonyl (C=O) groups is 1. The van der Waals surface area contributed by atoms with Crippen LogP contribution in [0.4, 0.5) is 13.2 Å². The summed E-state index contributed by atoms with van der Waals surface area (Å²) in [5.41, 5.74) is 5.30. The van der Waals surface area contributed by atoms with E-state index in [9.17, 15) is 18.0 Å². The molecule has 1 fully saturated rings. The van der Waals surface area contributed by atoms with Crippen LogP contribution < -0.4 is 10.5 Å². The molecule has 1 aliphatic rings. The van der Waals surface area contributed by atoms with E-state index in [1.54, 1.807) is 18.2 Å². The molecule has 0 heterocycles. The average Bonchev–Trinajstić information content (AvgIpc) is 2.92. The van der Waals surface area contributed by atoms with E-state index in [1.165, 1.54) is 12.1 Å². The highest BCUT2D eigenvalue weighted by Gasteiger charge is 2.49. The number of carbonyl (C=O) groups excluding carboxylic acids is 1. The highest BCUT2D eigenvalue weighted by molar-refractivity contribution is 5.76. The summed E-state index contributed by atoms with van der Waals surface area (Å²) in [5, 5.41) is 0. The Morgan fingerprint density at radius 2 is 1.76 bits per heavy atom. The van der Waals surface area contributed by atoms with Crippen LogP contribution in [-0.4, -0.2) is 18.2 Å². The van der Waals surface area contributed by atoms with Gasteiger partial charge >= 0.3 is 12.1 Å². The quantitative estimate of drug-likeness (QED) is 0.686. The lowest BCUT2D eigenvalue weighted by atomic mass is 9.84. The molecular formula is C15H18F3NO2. The number of hydrogen-bond donors (Lipinski definition) is 1. The van der Waals surface area contributed by atoms with Crippen LogP contribution >= 0.6 is 0 Å². The Labute approximate surface area is 121 Å². The third-order valence-corrected chi connectivity index (χ3v) is 3.91. The Bertz CT molecular complexity index is 470. The van der Waals surface area contributed by atoms with Crippen LogP contribution in [0.1, 0.15) is 25.7 Å². The lowest BCUT2D eigenvalue weighted by Crippen LogP contribution is -2.50. The van der Waals surface area contributed by atoms with E-state index in [0.717, 1.165) is 12.8 Å². The molecule has 0 radical (unpaired) electrons. The number of halogens is 3. The molecule has 0 amide bonds. The summed E-state index contributed by atoms with van der Waals surface area (Å²) in [6.07, 6.45) is -1.80. The molecule has 1 saturated carbocycles. The molecule has 2 rings (SSSR count). The maximum atomic E-state index is 12.9. The summed E-state index contributed by atoms with van der Waals surface area (Å²) in [5.74, 6) is -2.36. The van der Waals surface area contributed by atoms with Gasteiger partial charge in [-0.1, -0.05) is 31.0 Å². The van der Waals surface area contributed by atoms with Gasteiger partial charge in [-0.3, -0.25) is 4.79 Å². The van der Waals surface area contributed by atoms with E-state index in [0.29, 0.717) is 12.8 Å². The van der Waals surface area contributed by atoms with Gasteiger partial charge in [0.2, 0.25) is 0 Å². The third kappa shape index (κ3) is 3.97. The molecule has 116 valence electrons. The van der Waals surface area contributed by atoms with E-state index >= 15 is 0 Å². The van der Waals surface area contributed by atoms with Gasteiger partial charge in [0.25, 0.3) is 0 Å². The normalized spacial score (nSPS) is 19.2. The van der Waals surface area contributed by atoms with E-state index in [2.05, 4.69) is 0 Å². The fraction of sp³-hybridized carbons (Fsp3) is 0.533. The Morgan fingerprint density at radius 3 is 2.29 bits per heavy atom. The summed E-state index contributed by atoms with van der Waals surface area (Å²) in [6.45, 7) is 0. The minimum atomic E-state index is -4.61. The first-order valence-corrected chi connectivity index (χ1v) is 6.98. The number of alkyl halides is 3. The fourth-order valence-electron chi connectivity index (χ4n) is 2.83. The molecule has 2 N–H and O–H groups in total. The molecule has 0 saturated heterocycles. The number of hydrogen-bond acceptors (Lipinski definition) is 3. The maximum Gasteiger partial charge on any atom is 0.404 e. The largest absolute Gasteiger partial charge is 0.426 e. The van der Waals surface area contributed by atoms with Crippen molar-refractivity contribution in [1.82, 2.24) is 0 Å². The molecule has 0 spiro atoms. The smallest absolute Gasteiger partial charge is 0.404 e. The molecule has 0 aromatic heterocycles. The number of esters is 1. The summed E-state index contributed by atoms with van der Waals surface area (Å²) in [7, 11) is 0. The third-order valence-electron chi connectivity index (χ3n) is 3.91. The maximum absolute atomic E-state index is 12.9. The van der Waals surface area contributed by atoms with Crippen molar-refractivity contribution in [2.24, 2.45) is 17.6 Å². The van der Waals surface area contributed by atoms with Gasteiger partial charge in [0, 0.05) is 0 Å². The number of para-hydroxylation sites is 1. The van der Waals surface area contributed by atoms with Gasteiger partial charge in [-0.25, -0.2) is 0 Å². The zero-order valence-corrected chi connectivity index (χ0v) is 11.5. The Kier molecular flexibility index (Phi) is 4.88. The number of nitrogens with two attached hydrogens (primary N) is 1. The minimum absolute atomic E-state index is 0.236. The van der Waals surface area contributed by atoms with E-state index < -0.39 is 24.1 Å². The molecular weight excluding hydrogens is 283 g/mol. The summed E-state index contributed by atoms with van der Waals surface area (Å²) in [4.78, 5) is 12.2. The van der Waals surface area contributed by atoms with Crippen molar-refractivity contribution in [2.75, 3.05) is 0 Å². The van der Waals surface area contributed by atoms with Crippen molar-refractivity contribution >= 4 is 5.97 Å². The molecule has 0 bridgehead atoms. The monoisotopic (exact) mass is 301 g/mol. The van der Waals surface area contributed by atoms with Gasteiger partial charge in [0.05, 0.1) is 5.92 Å². The van der Waals surface area contributed by atoms with Gasteiger partial charge in [-0.05, 0) is 30.9 Å². The van der Waals surface area contributed by atoms with Crippen LogP contribution in [0.15, 0.2) is 30.3 Å². The second-order valence-electron chi connectivity index (χ2n) is 5.37. The van der Waals surface area contributed by atoms with E-state index in [4.69, 9.17) is 10.5 Å². The van der Waals surface area contributed by atoms with E-state index in [1.807, 2.05) is 0 Å². The van der Waals surface area contributed by atoms with Crippen molar-refractivity contribution in [3.63, 3.8) is 0 Å². The molecule has 21 heavy (non-hydrogen) atoms. The van der Waals surface area contributed by atoms with Crippen LogP contribution in [0.25, 0.3) is 0 Å². The van der Waals surface area contributed by atoms with Gasteiger partial charge in [0.15, 0.2) is 0 Å². The van der Waals surface area contributed by atoms with Crippen LogP contribution in [0.2, 0.25) is 0 Å². The summed E-state index contributed by atoms with van der Waals surface area (Å²) in [6, 6.07) is 5.91. The molecule has 2 atom stereocenters. The zero-order valence-electron chi connectivity index (χ0n) is 11.5. The highest BCUT2D eigenvalue weighted by Crippen LogP contribution is 2.37. The number of benzene rings is 1. The lowest BCUT2D eigenvalue weighted by Gasteiger charge is -2.28. The molecule has 6 heteroatoms. The first kappa shape index (κ1) is 15.8. The predicted octanol–water partition coefficient (Wildman–Crippen LogP) is 3.29. The van der Waals surface area contributed by atoms with Gasteiger partial charge in [0.1, 0.15) is 11.8 Å². The molecule has 1 aliphatic carbocycles. The van der Waals surface area contributed by atoms with Gasteiger partial charge in [-0.15, -0.1) is 0 Å². The molecule has 3 nitrogen and oxygen atoms in total. The highest BCUT2D eigenvalue weighted by atomic mass is 19.4. The van der Waals surface area contributed by atoms with Gasteiger partial charge < -0.3 is 10.5 Å². The van der Waals surface area contributed by atoms with Crippen LogP contribution in [-0.2, 0) is 4.79 Å². The SMILES string of the molecule is N[C@@H]([C@@H](C(=O)Oc1ccccc1)C1CCCC1)C(F)(F)F. The number of rotatable bonds is 4. The number of ether oxygens (including phenoxy) is 1. The molecule has 0 unspecified atom stereocenters. The summed E-state index contributed by atoms with van der Waals surface area (Å²) < 4.78 is 43.8. The van der Waals surface area contributed by atoms with E-state index in [-0.39, 0.29) is 11.7 Å². The predicted molar refractivity (Wildman–Crippen MR) is 71.6 cm³/mol. The second-order valence-corrected chi connectivity index (χ2v) is 5.37. The minimum Gasteiger partial charge on any atom is -0.426 e. The van der Waals surface area contributed by atoms with Crippen molar-refractivity contribution in [1.29, 1.82) is 0 Å². The summed E-state index contributed by atoms with van der Waals surface area (Å²) >= 11 is 0. The molecule has 1 aromatic carbocycles. The van der Waals surface area contributed by atoms with Crippen LogP contribution in [0.3, 0.4) is 0 Å². The average molecular weight is 301 g/mol. The van der Waals surface area contributed by atoms with Crippen LogP contribution in [0.5, 0.6) is 5.75 Å². The Morgan fingerprint density at radius 1 is 1.19 bits per heavy atom. The second kappa shape index (κ2) is 6.47. The fourth-order valence-corrected chi connectivity index (χ4v) is 2.83. The topological polar surface area (TPSA) is 52.3 Å². The Hall–Kier alpha value is -1.56. The molecule has 1 aromatic rings. The standard InChI is InChI=1S/C15H18F3NO2/c16-15(17,18)13(19)12(10-6-4-5-7-10)14(20)21-11-8-2-1-3-9-11/h1-3,8-10,12-13H,4-7,19H2/t12-,13-/m0/s1. The van der Waals surface area contributed by atoms with Crippen molar-refractivity contribution in [3.05, 3.63) is 30.3 Å². The molecule has 0 aliphatic heterocycles. The first-order chi connectivity index (χ1) is 9.89. The van der Waals surface area contributed by atoms with Crippen molar-refractivity contribution in [3.8, 4) is 5.75 Å².